The predicted octanol–water partition coefficient (Wildman–Crippen LogP) is 2.91. The molecule has 1 amide bonds. The minimum absolute atomic E-state index is 0.0322. The van der Waals surface area contributed by atoms with E-state index < -0.39 is 15.8 Å². The standard InChI is InChI=1S/C19H20N2O3S2/c22-19(13-7-9-26(23,24)12-13)21-11-16(18-6-3-8-25-18)15-10-20-17-5-2-1-4-14(15)17/h1-6,8,10,13,16,20H,7,9,11-12H2,(H,21,22)/t13-,16+/m0/s1. The van der Waals surface area contributed by atoms with Crippen LogP contribution in [-0.4, -0.2) is 37.4 Å². The normalized spacial score (nSPS) is 20.2. The summed E-state index contributed by atoms with van der Waals surface area (Å²) in [7, 11) is -3.06. The van der Waals surface area contributed by atoms with Crippen LogP contribution < -0.4 is 5.32 Å². The third kappa shape index (κ3) is 3.41. The molecule has 0 radical (unpaired) electrons. The molecule has 1 fully saturated rings. The Morgan fingerprint density at radius 1 is 1.27 bits per heavy atom. The van der Waals surface area contributed by atoms with Gasteiger partial charge in [0.2, 0.25) is 5.91 Å². The van der Waals surface area contributed by atoms with Gasteiger partial charge in [-0.05, 0) is 29.5 Å². The molecule has 3 aromatic rings. The molecule has 26 heavy (non-hydrogen) atoms. The van der Waals surface area contributed by atoms with Crippen LogP contribution in [0.4, 0.5) is 0 Å². The molecule has 1 aliphatic rings. The molecule has 1 saturated heterocycles. The van der Waals surface area contributed by atoms with Crippen LogP contribution in [0.25, 0.3) is 10.9 Å². The van der Waals surface area contributed by atoms with Gasteiger partial charge < -0.3 is 10.3 Å². The summed E-state index contributed by atoms with van der Waals surface area (Å²) in [4.78, 5) is 16.9. The molecule has 4 rings (SSSR count). The van der Waals surface area contributed by atoms with Gasteiger partial charge in [-0.15, -0.1) is 11.3 Å². The lowest BCUT2D eigenvalue weighted by molar-refractivity contribution is -0.124. The summed E-state index contributed by atoms with van der Waals surface area (Å²) in [6, 6.07) is 12.2. The van der Waals surface area contributed by atoms with Crippen LogP contribution >= 0.6 is 11.3 Å². The first-order chi connectivity index (χ1) is 12.5. The molecule has 2 atom stereocenters. The summed E-state index contributed by atoms with van der Waals surface area (Å²) >= 11 is 1.66. The maximum absolute atomic E-state index is 12.5. The van der Waals surface area contributed by atoms with Gasteiger partial charge in [-0.2, -0.15) is 0 Å². The highest BCUT2D eigenvalue weighted by atomic mass is 32.2. The molecule has 1 aromatic carbocycles. The van der Waals surface area contributed by atoms with Gasteiger partial charge in [0, 0.05) is 34.4 Å². The number of aromatic amines is 1. The zero-order chi connectivity index (χ0) is 18.1. The fraction of sp³-hybridized carbons (Fsp3) is 0.316. The molecule has 0 aliphatic carbocycles. The molecular formula is C19H20N2O3S2. The van der Waals surface area contributed by atoms with Crippen molar-refractivity contribution in [1.82, 2.24) is 10.3 Å². The van der Waals surface area contributed by atoms with Gasteiger partial charge in [0.25, 0.3) is 0 Å². The van der Waals surface area contributed by atoms with Crippen molar-refractivity contribution in [2.24, 2.45) is 5.92 Å². The predicted molar refractivity (Wildman–Crippen MR) is 104 cm³/mol. The number of hydrogen-bond acceptors (Lipinski definition) is 4. The van der Waals surface area contributed by atoms with Crippen molar-refractivity contribution in [3.63, 3.8) is 0 Å². The third-order valence-corrected chi connectivity index (χ3v) is 7.72. The van der Waals surface area contributed by atoms with Crippen LogP contribution in [0.1, 0.15) is 22.8 Å². The third-order valence-electron chi connectivity index (χ3n) is 4.97. The van der Waals surface area contributed by atoms with Crippen molar-refractivity contribution < 1.29 is 13.2 Å². The van der Waals surface area contributed by atoms with Gasteiger partial charge in [-0.25, -0.2) is 8.42 Å². The van der Waals surface area contributed by atoms with Crippen molar-refractivity contribution in [1.29, 1.82) is 0 Å². The Morgan fingerprint density at radius 2 is 2.12 bits per heavy atom. The Labute approximate surface area is 156 Å². The van der Waals surface area contributed by atoms with E-state index in [1.165, 1.54) is 4.88 Å². The Kier molecular flexibility index (Phi) is 4.58. The van der Waals surface area contributed by atoms with Crippen molar-refractivity contribution in [2.75, 3.05) is 18.1 Å². The molecule has 0 saturated carbocycles. The molecule has 7 heteroatoms. The fourth-order valence-electron chi connectivity index (χ4n) is 3.58. The quantitative estimate of drug-likeness (QED) is 0.705. The number of hydrogen-bond donors (Lipinski definition) is 2. The van der Waals surface area contributed by atoms with E-state index in [-0.39, 0.29) is 23.3 Å². The number of carbonyl (C=O) groups is 1. The van der Waals surface area contributed by atoms with Crippen LogP contribution in [0.2, 0.25) is 0 Å². The average molecular weight is 389 g/mol. The van der Waals surface area contributed by atoms with E-state index in [0.29, 0.717) is 13.0 Å². The lowest BCUT2D eigenvalue weighted by atomic mass is 9.96. The second-order valence-electron chi connectivity index (χ2n) is 6.70. The fourth-order valence-corrected chi connectivity index (χ4v) is 6.17. The average Bonchev–Trinajstić information content (AvgIpc) is 3.35. The van der Waals surface area contributed by atoms with Crippen LogP contribution in [0.15, 0.2) is 48.0 Å². The second-order valence-corrected chi connectivity index (χ2v) is 9.91. The van der Waals surface area contributed by atoms with Crippen LogP contribution in [0, 0.1) is 5.92 Å². The highest BCUT2D eigenvalue weighted by Gasteiger charge is 2.33. The van der Waals surface area contributed by atoms with E-state index in [2.05, 4.69) is 22.4 Å². The van der Waals surface area contributed by atoms with Gasteiger partial charge in [0.1, 0.15) is 0 Å². The van der Waals surface area contributed by atoms with E-state index in [0.717, 1.165) is 16.5 Å². The first-order valence-electron chi connectivity index (χ1n) is 8.61. The van der Waals surface area contributed by atoms with Crippen LogP contribution in [0.5, 0.6) is 0 Å². The summed E-state index contributed by atoms with van der Waals surface area (Å²) in [6.45, 7) is 0.456. The zero-order valence-electron chi connectivity index (χ0n) is 14.1. The van der Waals surface area contributed by atoms with Crippen molar-refractivity contribution in [3.05, 3.63) is 58.4 Å². The molecule has 2 N–H and O–H groups in total. The summed E-state index contributed by atoms with van der Waals surface area (Å²) in [5.74, 6) is -0.468. The highest BCUT2D eigenvalue weighted by Crippen LogP contribution is 2.33. The number of fused-ring (bicyclic) bond motifs is 1. The van der Waals surface area contributed by atoms with E-state index in [9.17, 15) is 13.2 Å². The Balaban J connectivity index is 1.56. The lowest BCUT2D eigenvalue weighted by Gasteiger charge is -2.18. The molecule has 0 unspecified atom stereocenters. The number of carbonyl (C=O) groups excluding carboxylic acids is 1. The first kappa shape index (κ1) is 17.3. The molecule has 5 nitrogen and oxygen atoms in total. The highest BCUT2D eigenvalue weighted by molar-refractivity contribution is 7.91. The molecule has 2 aromatic heterocycles. The van der Waals surface area contributed by atoms with Gasteiger partial charge in [-0.1, -0.05) is 24.3 Å². The monoisotopic (exact) mass is 388 g/mol. The van der Waals surface area contributed by atoms with Gasteiger partial charge in [-0.3, -0.25) is 4.79 Å². The topological polar surface area (TPSA) is 79.0 Å². The number of nitrogens with one attached hydrogen (secondary N) is 2. The maximum atomic E-state index is 12.5. The number of H-pyrrole nitrogens is 1. The van der Waals surface area contributed by atoms with Gasteiger partial charge in [0.15, 0.2) is 9.84 Å². The number of thiophene rings is 1. The van der Waals surface area contributed by atoms with Crippen molar-refractivity contribution >= 4 is 38.0 Å². The maximum Gasteiger partial charge on any atom is 0.224 e. The summed E-state index contributed by atoms with van der Waals surface area (Å²) in [5, 5.41) is 6.17. The van der Waals surface area contributed by atoms with Crippen LogP contribution in [-0.2, 0) is 14.6 Å². The number of sulfone groups is 1. The molecule has 3 heterocycles. The number of benzene rings is 1. The Bertz CT molecular complexity index is 1020. The minimum atomic E-state index is -3.06. The summed E-state index contributed by atoms with van der Waals surface area (Å²) in [6.07, 6.45) is 2.42. The van der Waals surface area contributed by atoms with E-state index >= 15 is 0 Å². The van der Waals surface area contributed by atoms with E-state index in [4.69, 9.17) is 0 Å². The smallest absolute Gasteiger partial charge is 0.224 e. The number of amides is 1. The zero-order valence-corrected chi connectivity index (χ0v) is 15.8. The summed E-state index contributed by atoms with van der Waals surface area (Å²) in [5.41, 5.74) is 2.21. The molecular weight excluding hydrogens is 368 g/mol. The molecule has 0 bridgehead atoms. The number of rotatable bonds is 5. The van der Waals surface area contributed by atoms with Crippen molar-refractivity contribution in [3.8, 4) is 0 Å². The Hall–Kier alpha value is -2.12. The largest absolute Gasteiger partial charge is 0.361 e. The second kappa shape index (κ2) is 6.89. The minimum Gasteiger partial charge on any atom is -0.361 e. The van der Waals surface area contributed by atoms with Crippen molar-refractivity contribution in [2.45, 2.75) is 12.3 Å². The lowest BCUT2D eigenvalue weighted by Crippen LogP contribution is -2.34. The molecule has 0 spiro atoms. The molecule has 1 aliphatic heterocycles. The first-order valence-corrected chi connectivity index (χ1v) is 11.3. The van der Waals surface area contributed by atoms with E-state index in [1.807, 2.05) is 35.8 Å². The van der Waals surface area contributed by atoms with Gasteiger partial charge in [0.05, 0.1) is 17.4 Å². The van der Waals surface area contributed by atoms with Gasteiger partial charge >= 0.3 is 0 Å². The Morgan fingerprint density at radius 3 is 2.85 bits per heavy atom. The van der Waals surface area contributed by atoms with E-state index in [1.54, 1.807) is 11.3 Å². The number of para-hydroxylation sites is 1. The van der Waals surface area contributed by atoms with Crippen LogP contribution in [0.3, 0.4) is 0 Å². The summed E-state index contributed by atoms with van der Waals surface area (Å²) < 4.78 is 23.2. The molecule has 136 valence electrons. The SMILES string of the molecule is O=C(NC[C@@H](c1cccs1)c1c[nH]c2ccccc12)[C@H]1CCS(=O)(=O)C1. The number of aromatic nitrogens is 1.